The molecule has 0 radical (unpaired) electrons. The molecule has 0 amide bonds. The van der Waals surface area contributed by atoms with Gasteiger partial charge in [0.15, 0.2) is 0 Å². The summed E-state index contributed by atoms with van der Waals surface area (Å²) in [5.74, 6) is 0. The molecule has 1 saturated carbocycles. The Hall–Kier alpha value is -0.890. The molecule has 0 unspecified atom stereocenters. The number of hydrogen-bond donors (Lipinski definition) is 1. The number of rotatable bonds is 5. The van der Waals surface area contributed by atoms with Gasteiger partial charge in [-0.15, -0.1) is 0 Å². The molecular formula is C11H16N2. The summed E-state index contributed by atoms with van der Waals surface area (Å²) in [5.41, 5.74) is 1.35. The van der Waals surface area contributed by atoms with Gasteiger partial charge in [0, 0.05) is 18.4 Å². The van der Waals surface area contributed by atoms with Gasteiger partial charge in [0.1, 0.15) is 0 Å². The van der Waals surface area contributed by atoms with Crippen LogP contribution in [0.1, 0.15) is 24.8 Å². The van der Waals surface area contributed by atoms with E-state index in [0.717, 1.165) is 19.0 Å². The Morgan fingerprint density at radius 1 is 1.46 bits per heavy atom. The normalized spacial score (nSPS) is 16.0. The summed E-state index contributed by atoms with van der Waals surface area (Å²) in [5, 5.41) is 3.51. The summed E-state index contributed by atoms with van der Waals surface area (Å²) in [4.78, 5) is 4.09. The van der Waals surface area contributed by atoms with Gasteiger partial charge in [0.2, 0.25) is 0 Å². The van der Waals surface area contributed by atoms with Crippen molar-refractivity contribution in [1.29, 1.82) is 0 Å². The van der Waals surface area contributed by atoms with Crippen molar-refractivity contribution in [2.75, 3.05) is 6.54 Å². The van der Waals surface area contributed by atoms with Crippen LogP contribution >= 0.6 is 0 Å². The quantitative estimate of drug-likeness (QED) is 0.691. The molecule has 1 heterocycles. The van der Waals surface area contributed by atoms with E-state index in [9.17, 15) is 0 Å². The van der Waals surface area contributed by atoms with Crippen LogP contribution in [0.15, 0.2) is 24.5 Å². The number of hydrogen-bond acceptors (Lipinski definition) is 2. The second kappa shape index (κ2) is 4.38. The lowest BCUT2D eigenvalue weighted by Crippen LogP contribution is -2.17. The van der Waals surface area contributed by atoms with Gasteiger partial charge < -0.3 is 5.32 Å². The standard InChI is InChI=1S/C11H16N2/c1-3-10(9-12-7-1)4-2-8-13-11-5-6-11/h1,3,7,9,11,13H,2,4-6,8H2. The largest absolute Gasteiger partial charge is 0.314 e. The zero-order valence-electron chi connectivity index (χ0n) is 7.87. The Morgan fingerprint density at radius 2 is 2.38 bits per heavy atom. The first-order chi connectivity index (χ1) is 6.45. The Kier molecular flexibility index (Phi) is 2.93. The lowest BCUT2D eigenvalue weighted by molar-refractivity contribution is 0.645. The molecule has 1 aromatic heterocycles. The third-order valence-corrected chi connectivity index (χ3v) is 2.38. The minimum Gasteiger partial charge on any atom is -0.314 e. The Labute approximate surface area is 79.4 Å². The van der Waals surface area contributed by atoms with Gasteiger partial charge in [0.05, 0.1) is 0 Å². The van der Waals surface area contributed by atoms with E-state index in [-0.39, 0.29) is 0 Å². The number of aromatic nitrogens is 1. The fourth-order valence-corrected chi connectivity index (χ4v) is 1.43. The van der Waals surface area contributed by atoms with Gasteiger partial charge in [0.25, 0.3) is 0 Å². The van der Waals surface area contributed by atoms with E-state index in [0.29, 0.717) is 0 Å². The van der Waals surface area contributed by atoms with Crippen LogP contribution in [0, 0.1) is 0 Å². The van der Waals surface area contributed by atoms with Gasteiger partial charge in [-0.2, -0.15) is 0 Å². The van der Waals surface area contributed by atoms with Crippen molar-refractivity contribution >= 4 is 0 Å². The van der Waals surface area contributed by atoms with Crippen LogP contribution in [-0.2, 0) is 6.42 Å². The van der Waals surface area contributed by atoms with Gasteiger partial charge in [-0.3, -0.25) is 4.98 Å². The van der Waals surface area contributed by atoms with Crippen LogP contribution in [0.3, 0.4) is 0 Å². The fourth-order valence-electron chi connectivity index (χ4n) is 1.43. The summed E-state index contributed by atoms with van der Waals surface area (Å²) < 4.78 is 0. The minimum atomic E-state index is 0.842. The maximum absolute atomic E-state index is 4.09. The highest BCUT2D eigenvalue weighted by molar-refractivity contribution is 5.08. The van der Waals surface area contributed by atoms with Gasteiger partial charge in [-0.1, -0.05) is 6.07 Å². The summed E-state index contributed by atoms with van der Waals surface area (Å²) in [6, 6.07) is 4.99. The van der Waals surface area contributed by atoms with Gasteiger partial charge in [-0.05, 0) is 43.9 Å². The van der Waals surface area contributed by atoms with E-state index in [2.05, 4.69) is 16.4 Å². The fraction of sp³-hybridized carbons (Fsp3) is 0.545. The molecule has 0 bridgehead atoms. The summed E-state index contributed by atoms with van der Waals surface area (Å²) in [7, 11) is 0. The highest BCUT2D eigenvalue weighted by atomic mass is 14.9. The van der Waals surface area contributed by atoms with Crippen molar-refractivity contribution in [3.05, 3.63) is 30.1 Å². The second-order valence-electron chi connectivity index (χ2n) is 3.69. The molecular weight excluding hydrogens is 160 g/mol. The molecule has 0 aromatic carbocycles. The first-order valence-electron chi connectivity index (χ1n) is 5.07. The highest BCUT2D eigenvalue weighted by Crippen LogP contribution is 2.18. The van der Waals surface area contributed by atoms with Crippen LogP contribution < -0.4 is 5.32 Å². The predicted molar refractivity (Wildman–Crippen MR) is 53.6 cm³/mol. The highest BCUT2D eigenvalue weighted by Gasteiger charge is 2.19. The van der Waals surface area contributed by atoms with Crippen LogP contribution in [-0.4, -0.2) is 17.6 Å². The smallest absolute Gasteiger partial charge is 0.0299 e. The zero-order chi connectivity index (χ0) is 8.93. The molecule has 2 rings (SSSR count). The number of aryl methyl sites for hydroxylation is 1. The number of nitrogens with one attached hydrogen (secondary N) is 1. The molecule has 2 nitrogen and oxygen atoms in total. The molecule has 70 valence electrons. The predicted octanol–water partition coefficient (Wildman–Crippen LogP) is 1.77. The molecule has 1 fully saturated rings. The molecule has 0 spiro atoms. The van der Waals surface area contributed by atoms with Crippen LogP contribution in [0.4, 0.5) is 0 Å². The molecule has 13 heavy (non-hydrogen) atoms. The monoisotopic (exact) mass is 176 g/mol. The summed E-state index contributed by atoms with van der Waals surface area (Å²) in [6.45, 7) is 1.15. The first kappa shape index (κ1) is 8.70. The molecule has 1 aliphatic rings. The van der Waals surface area contributed by atoms with Crippen molar-refractivity contribution in [2.45, 2.75) is 31.7 Å². The van der Waals surface area contributed by atoms with Crippen molar-refractivity contribution < 1.29 is 0 Å². The van der Waals surface area contributed by atoms with E-state index < -0.39 is 0 Å². The van der Waals surface area contributed by atoms with Crippen LogP contribution in [0.2, 0.25) is 0 Å². The minimum absolute atomic E-state index is 0.842. The second-order valence-corrected chi connectivity index (χ2v) is 3.69. The van der Waals surface area contributed by atoms with E-state index >= 15 is 0 Å². The lowest BCUT2D eigenvalue weighted by Gasteiger charge is -2.01. The molecule has 0 saturated heterocycles. The van der Waals surface area contributed by atoms with E-state index in [4.69, 9.17) is 0 Å². The first-order valence-corrected chi connectivity index (χ1v) is 5.07. The SMILES string of the molecule is c1cncc(CCCNC2CC2)c1. The zero-order valence-corrected chi connectivity index (χ0v) is 7.87. The Bertz CT molecular complexity index is 242. The maximum Gasteiger partial charge on any atom is 0.0299 e. The van der Waals surface area contributed by atoms with E-state index in [1.807, 2.05) is 18.5 Å². The van der Waals surface area contributed by atoms with Crippen LogP contribution in [0.25, 0.3) is 0 Å². The Morgan fingerprint density at radius 3 is 3.08 bits per heavy atom. The third-order valence-electron chi connectivity index (χ3n) is 2.38. The van der Waals surface area contributed by atoms with E-state index in [1.165, 1.54) is 24.8 Å². The summed E-state index contributed by atoms with van der Waals surface area (Å²) >= 11 is 0. The van der Waals surface area contributed by atoms with Gasteiger partial charge >= 0.3 is 0 Å². The third kappa shape index (κ3) is 3.15. The maximum atomic E-state index is 4.09. The topological polar surface area (TPSA) is 24.9 Å². The molecule has 0 aliphatic heterocycles. The van der Waals surface area contributed by atoms with Crippen molar-refractivity contribution in [1.82, 2.24) is 10.3 Å². The molecule has 1 N–H and O–H groups in total. The van der Waals surface area contributed by atoms with Gasteiger partial charge in [-0.25, -0.2) is 0 Å². The summed E-state index contributed by atoms with van der Waals surface area (Å²) in [6.07, 6.45) is 8.92. The molecule has 1 aromatic rings. The Balaban J connectivity index is 1.61. The van der Waals surface area contributed by atoms with E-state index in [1.54, 1.807) is 0 Å². The average molecular weight is 176 g/mol. The average Bonchev–Trinajstić information content (AvgIpc) is 2.98. The van der Waals surface area contributed by atoms with Crippen molar-refractivity contribution in [2.24, 2.45) is 0 Å². The molecule has 0 atom stereocenters. The van der Waals surface area contributed by atoms with Crippen LogP contribution in [0.5, 0.6) is 0 Å². The van der Waals surface area contributed by atoms with Crippen molar-refractivity contribution in [3.63, 3.8) is 0 Å². The van der Waals surface area contributed by atoms with Crippen molar-refractivity contribution in [3.8, 4) is 0 Å². The number of pyridine rings is 1. The lowest BCUT2D eigenvalue weighted by atomic mass is 10.1. The number of nitrogens with zero attached hydrogens (tertiary/aromatic N) is 1. The molecule has 2 heteroatoms. The molecule has 1 aliphatic carbocycles.